The van der Waals surface area contributed by atoms with E-state index in [2.05, 4.69) is 29.2 Å². The molecule has 98 valence electrons. The molecule has 0 atom stereocenters. The van der Waals surface area contributed by atoms with Gasteiger partial charge in [0.25, 0.3) is 0 Å². The summed E-state index contributed by atoms with van der Waals surface area (Å²) < 4.78 is 0. The molecule has 0 amide bonds. The van der Waals surface area contributed by atoms with Crippen molar-refractivity contribution in [3.05, 3.63) is 53.1 Å². The van der Waals surface area contributed by atoms with E-state index in [0.29, 0.717) is 10.7 Å². The maximum absolute atomic E-state index is 6.15. The topological polar surface area (TPSA) is 29.3 Å². The minimum Gasteiger partial charge on any atom is -0.396 e. The Labute approximate surface area is 118 Å². The van der Waals surface area contributed by atoms with E-state index in [4.69, 9.17) is 17.3 Å². The van der Waals surface area contributed by atoms with E-state index in [9.17, 15) is 0 Å². The van der Waals surface area contributed by atoms with Gasteiger partial charge in [-0.15, -0.1) is 0 Å². The van der Waals surface area contributed by atoms with Crippen LogP contribution in [0.15, 0.2) is 42.5 Å². The lowest BCUT2D eigenvalue weighted by Crippen LogP contribution is -2.19. The molecule has 2 nitrogen and oxygen atoms in total. The minimum atomic E-state index is 0.624. The SMILES string of the molecule is Nc1c(Cl)cccc1N1CCCCc2ccccc21. The second kappa shape index (κ2) is 5.14. The summed E-state index contributed by atoms with van der Waals surface area (Å²) in [5, 5.41) is 0.624. The van der Waals surface area contributed by atoms with Crippen molar-refractivity contribution in [3.8, 4) is 0 Å². The molecular formula is C16H17ClN2. The van der Waals surface area contributed by atoms with Gasteiger partial charge < -0.3 is 10.6 Å². The maximum Gasteiger partial charge on any atom is 0.0744 e. The standard InChI is InChI=1S/C16H17ClN2/c17-13-8-5-10-15(16(13)18)19-11-4-3-7-12-6-1-2-9-14(12)19/h1-2,5-6,8-10H,3-4,7,11,18H2. The monoisotopic (exact) mass is 272 g/mol. The predicted octanol–water partition coefficient (Wildman–Crippen LogP) is 4.40. The number of aryl methyl sites for hydroxylation is 1. The smallest absolute Gasteiger partial charge is 0.0744 e. The second-order valence-electron chi connectivity index (χ2n) is 4.91. The van der Waals surface area contributed by atoms with Crippen molar-refractivity contribution in [1.82, 2.24) is 0 Å². The van der Waals surface area contributed by atoms with Crippen molar-refractivity contribution in [1.29, 1.82) is 0 Å². The molecule has 0 unspecified atom stereocenters. The third kappa shape index (κ3) is 2.28. The largest absolute Gasteiger partial charge is 0.396 e. The van der Waals surface area contributed by atoms with Gasteiger partial charge >= 0.3 is 0 Å². The Morgan fingerprint density at radius 3 is 2.63 bits per heavy atom. The van der Waals surface area contributed by atoms with Crippen LogP contribution in [-0.4, -0.2) is 6.54 Å². The van der Waals surface area contributed by atoms with Crippen LogP contribution in [0.1, 0.15) is 18.4 Å². The lowest BCUT2D eigenvalue weighted by atomic mass is 10.1. The number of anilines is 3. The quantitative estimate of drug-likeness (QED) is 0.780. The fourth-order valence-corrected chi connectivity index (χ4v) is 2.87. The molecule has 0 aromatic heterocycles. The molecule has 0 saturated carbocycles. The van der Waals surface area contributed by atoms with E-state index < -0.39 is 0 Å². The number of fused-ring (bicyclic) bond motifs is 1. The van der Waals surface area contributed by atoms with E-state index in [1.165, 1.54) is 24.1 Å². The van der Waals surface area contributed by atoms with Crippen LogP contribution in [0.2, 0.25) is 5.02 Å². The van der Waals surface area contributed by atoms with E-state index >= 15 is 0 Å². The van der Waals surface area contributed by atoms with Crippen LogP contribution >= 0.6 is 11.6 Å². The van der Waals surface area contributed by atoms with Gasteiger partial charge in [-0.3, -0.25) is 0 Å². The summed E-state index contributed by atoms with van der Waals surface area (Å²) in [5.41, 5.74) is 10.5. The summed E-state index contributed by atoms with van der Waals surface area (Å²) in [6, 6.07) is 14.4. The van der Waals surface area contributed by atoms with Gasteiger partial charge in [0.15, 0.2) is 0 Å². The third-order valence-corrected chi connectivity index (χ3v) is 4.01. The molecule has 2 N–H and O–H groups in total. The molecular weight excluding hydrogens is 256 g/mol. The van der Waals surface area contributed by atoms with Crippen molar-refractivity contribution in [2.75, 3.05) is 17.2 Å². The van der Waals surface area contributed by atoms with Crippen LogP contribution in [0.25, 0.3) is 0 Å². The highest BCUT2D eigenvalue weighted by Crippen LogP contribution is 2.38. The number of hydrogen-bond acceptors (Lipinski definition) is 2. The van der Waals surface area contributed by atoms with Crippen LogP contribution in [0.3, 0.4) is 0 Å². The van der Waals surface area contributed by atoms with Crippen molar-refractivity contribution >= 4 is 28.7 Å². The number of nitrogens with two attached hydrogens (primary N) is 1. The maximum atomic E-state index is 6.15. The lowest BCUT2D eigenvalue weighted by Gasteiger charge is -2.26. The third-order valence-electron chi connectivity index (χ3n) is 3.68. The number of nitrogen functional groups attached to an aromatic ring is 1. The van der Waals surface area contributed by atoms with Gasteiger partial charge in [-0.2, -0.15) is 0 Å². The molecule has 3 rings (SSSR count). The Bertz CT molecular complexity index is 595. The zero-order valence-corrected chi connectivity index (χ0v) is 11.5. The summed E-state index contributed by atoms with van der Waals surface area (Å²) in [7, 11) is 0. The Balaban J connectivity index is 2.12. The zero-order valence-electron chi connectivity index (χ0n) is 10.8. The highest BCUT2D eigenvalue weighted by atomic mass is 35.5. The fraction of sp³-hybridized carbons (Fsp3) is 0.250. The Morgan fingerprint density at radius 1 is 0.947 bits per heavy atom. The Morgan fingerprint density at radius 2 is 1.74 bits per heavy atom. The molecule has 0 fully saturated rings. The zero-order chi connectivity index (χ0) is 13.2. The van der Waals surface area contributed by atoms with Crippen molar-refractivity contribution in [3.63, 3.8) is 0 Å². The Kier molecular flexibility index (Phi) is 3.34. The van der Waals surface area contributed by atoms with Crippen molar-refractivity contribution in [2.24, 2.45) is 0 Å². The molecule has 1 aliphatic heterocycles. The average molecular weight is 273 g/mol. The summed E-state index contributed by atoms with van der Waals surface area (Å²) in [6.07, 6.45) is 3.52. The number of para-hydroxylation sites is 2. The summed E-state index contributed by atoms with van der Waals surface area (Å²) >= 11 is 6.15. The minimum absolute atomic E-state index is 0.624. The highest BCUT2D eigenvalue weighted by Gasteiger charge is 2.18. The van der Waals surface area contributed by atoms with Crippen molar-refractivity contribution < 1.29 is 0 Å². The van der Waals surface area contributed by atoms with Crippen molar-refractivity contribution in [2.45, 2.75) is 19.3 Å². The number of hydrogen-bond donors (Lipinski definition) is 1. The van der Waals surface area contributed by atoms with Crippen LogP contribution in [0.5, 0.6) is 0 Å². The van der Waals surface area contributed by atoms with Gasteiger partial charge in [-0.05, 0) is 43.0 Å². The molecule has 0 bridgehead atoms. The summed E-state index contributed by atoms with van der Waals surface area (Å²) in [4.78, 5) is 2.30. The van der Waals surface area contributed by atoms with Gasteiger partial charge in [-0.1, -0.05) is 35.9 Å². The molecule has 0 radical (unpaired) electrons. The van der Waals surface area contributed by atoms with Gasteiger partial charge in [-0.25, -0.2) is 0 Å². The van der Waals surface area contributed by atoms with Crippen LogP contribution < -0.4 is 10.6 Å². The van der Waals surface area contributed by atoms with Gasteiger partial charge in [0.2, 0.25) is 0 Å². The molecule has 0 spiro atoms. The molecule has 3 heteroatoms. The number of benzene rings is 2. The van der Waals surface area contributed by atoms with Gasteiger partial charge in [0.1, 0.15) is 0 Å². The van der Waals surface area contributed by atoms with E-state index in [-0.39, 0.29) is 0 Å². The van der Waals surface area contributed by atoms with E-state index in [1.54, 1.807) is 0 Å². The average Bonchev–Trinajstić information content (AvgIpc) is 2.64. The molecule has 0 aliphatic carbocycles. The molecule has 1 aliphatic rings. The molecule has 1 heterocycles. The molecule has 2 aromatic rings. The fourth-order valence-electron chi connectivity index (χ4n) is 2.70. The molecule has 2 aromatic carbocycles. The lowest BCUT2D eigenvalue weighted by molar-refractivity contribution is 0.761. The first-order valence-corrected chi connectivity index (χ1v) is 7.04. The second-order valence-corrected chi connectivity index (χ2v) is 5.32. The van der Waals surface area contributed by atoms with E-state index in [0.717, 1.165) is 18.7 Å². The molecule has 19 heavy (non-hydrogen) atoms. The number of rotatable bonds is 1. The van der Waals surface area contributed by atoms with Gasteiger partial charge in [0, 0.05) is 12.2 Å². The molecule has 0 saturated heterocycles. The highest BCUT2D eigenvalue weighted by molar-refractivity contribution is 6.33. The first kappa shape index (κ1) is 12.4. The van der Waals surface area contributed by atoms with Crippen LogP contribution in [0, 0.1) is 0 Å². The first-order chi connectivity index (χ1) is 9.27. The normalized spacial score (nSPS) is 14.9. The van der Waals surface area contributed by atoms with E-state index in [1.807, 2.05) is 18.2 Å². The number of nitrogens with zero attached hydrogens (tertiary/aromatic N) is 1. The Hall–Kier alpha value is -1.67. The van der Waals surface area contributed by atoms with Crippen LogP contribution in [-0.2, 0) is 6.42 Å². The predicted molar refractivity (Wildman–Crippen MR) is 82.3 cm³/mol. The summed E-state index contributed by atoms with van der Waals surface area (Å²) in [5.74, 6) is 0. The number of halogens is 1. The first-order valence-electron chi connectivity index (χ1n) is 6.67. The van der Waals surface area contributed by atoms with Crippen LogP contribution in [0.4, 0.5) is 17.1 Å². The van der Waals surface area contributed by atoms with Gasteiger partial charge in [0.05, 0.1) is 16.4 Å². The summed E-state index contributed by atoms with van der Waals surface area (Å²) in [6.45, 7) is 0.988.